The smallest absolute Gasteiger partial charge is 0.273 e. The molecule has 1 saturated carbocycles. The zero-order chi connectivity index (χ0) is 25.1. The summed E-state index contributed by atoms with van der Waals surface area (Å²) in [7, 11) is 0. The average Bonchev–Trinajstić information content (AvgIpc) is 3.55. The summed E-state index contributed by atoms with van der Waals surface area (Å²) in [5, 5.41) is 15.1. The lowest BCUT2D eigenvalue weighted by Crippen LogP contribution is -2.57. The summed E-state index contributed by atoms with van der Waals surface area (Å²) in [6.07, 6.45) is 6.90. The number of carbonyl (C=O) groups excluding carboxylic acids is 1. The van der Waals surface area contributed by atoms with Crippen molar-refractivity contribution in [2.75, 3.05) is 19.7 Å². The predicted molar refractivity (Wildman–Crippen MR) is 141 cm³/mol. The summed E-state index contributed by atoms with van der Waals surface area (Å²) in [5.74, 6) is 0.323. The van der Waals surface area contributed by atoms with E-state index in [9.17, 15) is 4.79 Å². The quantitative estimate of drug-likeness (QED) is 0.474. The maximum Gasteiger partial charge on any atom is 0.273 e. The summed E-state index contributed by atoms with van der Waals surface area (Å²) in [6, 6.07) is 8.91. The zero-order valence-corrected chi connectivity index (χ0v) is 22.3. The fraction of sp³-hybridized carbons (Fsp3) is 0.538. The Balaban J connectivity index is 1.24. The molecule has 2 fully saturated rings. The number of hydrogen-bond acceptors (Lipinski definition) is 7. The first kappa shape index (κ1) is 25.3. The number of nitrogens with zero attached hydrogens (tertiary/aromatic N) is 4. The largest absolute Gasteiger partial charge is 0.373 e. The summed E-state index contributed by atoms with van der Waals surface area (Å²) >= 11 is 7.97. The van der Waals surface area contributed by atoms with Crippen LogP contribution in [0.1, 0.15) is 63.2 Å². The van der Waals surface area contributed by atoms with Crippen molar-refractivity contribution >= 4 is 28.8 Å². The molecule has 1 aliphatic carbocycles. The molecule has 2 atom stereocenters. The first-order valence-electron chi connectivity index (χ1n) is 12.7. The van der Waals surface area contributed by atoms with Gasteiger partial charge in [0.25, 0.3) is 5.91 Å². The van der Waals surface area contributed by atoms with Crippen LogP contribution in [-0.2, 0) is 11.2 Å². The number of benzene rings is 1. The number of carbonyl (C=O) groups is 1. The minimum Gasteiger partial charge on any atom is -0.373 e. The highest BCUT2D eigenvalue weighted by Crippen LogP contribution is 2.38. The molecule has 1 saturated heterocycles. The number of morpholine rings is 1. The number of amides is 1. The van der Waals surface area contributed by atoms with Crippen LogP contribution in [0.2, 0.25) is 5.02 Å². The Morgan fingerprint density at radius 3 is 2.67 bits per heavy atom. The predicted octanol–water partition coefficient (Wildman–Crippen LogP) is 4.30. The van der Waals surface area contributed by atoms with Gasteiger partial charge in [0, 0.05) is 41.0 Å². The van der Waals surface area contributed by atoms with E-state index in [0.717, 1.165) is 43.7 Å². The van der Waals surface area contributed by atoms with Gasteiger partial charge in [0.1, 0.15) is 0 Å². The van der Waals surface area contributed by atoms with E-state index in [1.54, 1.807) is 0 Å². The van der Waals surface area contributed by atoms with Crippen molar-refractivity contribution in [1.29, 1.82) is 0 Å². The van der Waals surface area contributed by atoms with Crippen LogP contribution in [-0.4, -0.2) is 69.1 Å². The van der Waals surface area contributed by atoms with Crippen LogP contribution < -0.4 is 5.32 Å². The standard InChI is InChI=1S/C26H33ClN6O2S/c1-16-17(2)36-26(30-16)19-5-9-21(10-6-19)33-14-23(12-28-25(34)24-13-29-32-31-24)35-15-22(33)11-18-3-7-20(27)8-4-18/h3-4,7-8,13,19,21-23H,5-6,9-12,14-15H2,1-2H3,(H,28,34)(H,29,31,32)/t19?,21?,22-,23-/m0/s1. The van der Waals surface area contributed by atoms with Crippen molar-refractivity contribution < 1.29 is 9.53 Å². The Kier molecular flexibility index (Phi) is 8.00. The van der Waals surface area contributed by atoms with Crippen LogP contribution in [0.4, 0.5) is 0 Å². The van der Waals surface area contributed by atoms with Crippen LogP contribution in [0.3, 0.4) is 0 Å². The van der Waals surface area contributed by atoms with E-state index in [0.29, 0.717) is 31.2 Å². The summed E-state index contributed by atoms with van der Waals surface area (Å²) in [5.41, 5.74) is 2.72. The molecule has 2 aliphatic rings. The Hall–Kier alpha value is -2.33. The minimum atomic E-state index is -0.239. The van der Waals surface area contributed by atoms with Gasteiger partial charge >= 0.3 is 0 Å². The molecule has 0 spiro atoms. The second kappa shape index (κ2) is 11.4. The van der Waals surface area contributed by atoms with Crippen LogP contribution in [0.15, 0.2) is 30.5 Å². The lowest BCUT2D eigenvalue weighted by atomic mass is 9.84. The number of aromatic amines is 1. The summed E-state index contributed by atoms with van der Waals surface area (Å²) in [4.78, 5) is 21.2. The number of hydrogen-bond donors (Lipinski definition) is 2. The van der Waals surface area contributed by atoms with E-state index >= 15 is 0 Å². The molecule has 8 nitrogen and oxygen atoms in total. The van der Waals surface area contributed by atoms with E-state index < -0.39 is 0 Å². The molecule has 1 aliphatic heterocycles. The molecule has 3 heterocycles. The third kappa shape index (κ3) is 5.96. The number of H-pyrrole nitrogens is 1. The van der Waals surface area contributed by atoms with Gasteiger partial charge in [0.2, 0.25) is 0 Å². The molecule has 2 aromatic heterocycles. The first-order chi connectivity index (χ1) is 17.5. The topological polar surface area (TPSA) is 96.0 Å². The molecule has 0 unspecified atom stereocenters. The zero-order valence-electron chi connectivity index (χ0n) is 20.7. The minimum absolute atomic E-state index is 0.0655. The number of aromatic nitrogens is 4. The highest BCUT2D eigenvalue weighted by atomic mass is 35.5. The SMILES string of the molecule is Cc1nc(C2CCC(N3C[C@H](CNC(=O)c4cn[nH]n4)OC[C@@H]3Cc3ccc(Cl)cc3)CC2)sc1C. The Morgan fingerprint density at radius 1 is 1.22 bits per heavy atom. The molecular formula is C26H33ClN6O2S. The highest BCUT2D eigenvalue weighted by molar-refractivity contribution is 7.11. The lowest BCUT2D eigenvalue weighted by Gasteiger charge is -2.46. The molecule has 5 rings (SSSR count). The Morgan fingerprint density at radius 2 is 2.00 bits per heavy atom. The van der Waals surface area contributed by atoms with Crippen molar-refractivity contribution in [3.05, 3.63) is 62.3 Å². The van der Waals surface area contributed by atoms with Gasteiger partial charge in [-0.3, -0.25) is 9.69 Å². The summed E-state index contributed by atoms with van der Waals surface area (Å²) < 4.78 is 6.25. The second-order valence-electron chi connectivity index (χ2n) is 9.90. The number of aryl methyl sites for hydroxylation is 2. The van der Waals surface area contributed by atoms with Crippen molar-refractivity contribution in [2.24, 2.45) is 0 Å². The molecule has 192 valence electrons. The number of rotatable bonds is 7. The fourth-order valence-corrected chi connectivity index (χ4v) is 6.57. The number of ether oxygens (including phenoxy) is 1. The molecule has 0 bridgehead atoms. The van der Waals surface area contributed by atoms with Gasteiger partial charge in [-0.15, -0.1) is 11.3 Å². The van der Waals surface area contributed by atoms with Gasteiger partial charge in [0.15, 0.2) is 5.69 Å². The van der Waals surface area contributed by atoms with E-state index in [-0.39, 0.29) is 17.7 Å². The first-order valence-corrected chi connectivity index (χ1v) is 13.9. The molecule has 0 radical (unpaired) electrons. The molecule has 1 amide bonds. The van der Waals surface area contributed by atoms with Crippen molar-refractivity contribution in [3.8, 4) is 0 Å². The van der Waals surface area contributed by atoms with Gasteiger partial charge in [-0.2, -0.15) is 15.4 Å². The normalized spacial score (nSPS) is 25.1. The molecular weight excluding hydrogens is 496 g/mol. The van der Waals surface area contributed by atoms with E-state index in [1.807, 2.05) is 23.5 Å². The maximum absolute atomic E-state index is 12.3. The summed E-state index contributed by atoms with van der Waals surface area (Å²) in [6.45, 7) is 6.15. The number of thiazole rings is 1. The lowest BCUT2D eigenvalue weighted by molar-refractivity contribution is -0.0822. The molecule has 2 N–H and O–H groups in total. The van der Waals surface area contributed by atoms with Gasteiger partial charge in [-0.1, -0.05) is 23.7 Å². The van der Waals surface area contributed by atoms with Crippen LogP contribution >= 0.6 is 22.9 Å². The van der Waals surface area contributed by atoms with Crippen molar-refractivity contribution in [3.63, 3.8) is 0 Å². The molecule has 10 heteroatoms. The van der Waals surface area contributed by atoms with Gasteiger partial charge in [0.05, 0.1) is 29.6 Å². The van der Waals surface area contributed by atoms with E-state index in [1.165, 1.54) is 27.3 Å². The van der Waals surface area contributed by atoms with E-state index in [2.05, 4.69) is 51.6 Å². The second-order valence-corrected chi connectivity index (χ2v) is 11.6. The molecule has 1 aromatic carbocycles. The maximum atomic E-state index is 12.3. The molecule has 3 aromatic rings. The third-order valence-electron chi connectivity index (χ3n) is 7.49. The van der Waals surface area contributed by atoms with E-state index in [4.69, 9.17) is 21.3 Å². The molecule has 36 heavy (non-hydrogen) atoms. The Bertz CT molecular complexity index is 1120. The number of nitrogens with one attached hydrogen (secondary N) is 2. The number of halogens is 1. The van der Waals surface area contributed by atoms with Gasteiger partial charge in [-0.05, 0) is 63.6 Å². The van der Waals surface area contributed by atoms with Crippen LogP contribution in [0, 0.1) is 13.8 Å². The monoisotopic (exact) mass is 528 g/mol. The van der Waals surface area contributed by atoms with Crippen LogP contribution in [0.5, 0.6) is 0 Å². The average molecular weight is 529 g/mol. The Labute approximate surface area is 220 Å². The van der Waals surface area contributed by atoms with Gasteiger partial charge in [-0.25, -0.2) is 4.98 Å². The van der Waals surface area contributed by atoms with Crippen molar-refractivity contribution in [1.82, 2.24) is 30.6 Å². The van der Waals surface area contributed by atoms with Gasteiger partial charge < -0.3 is 10.1 Å². The van der Waals surface area contributed by atoms with Crippen LogP contribution in [0.25, 0.3) is 0 Å². The fourth-order valence-electron chi connectivity index (χ4n) is 5.35. The third-order valence-corrected chi connectivity index (χ3v) is 8.98. The van der Waals surface area contributed by atoms with Crippen molar-refractivity contribution in [2.45, 2.75) is 70.1 Å². The highest BCUT2D eigenvalue weighted by Gasteiger charge is 2.36.